The molecule has 3 aromatic rings. The highest BCUT2D eigenvalue weighted by Gasteiger charge is 2.28. The third-order valence-corrected chi connectivity index (χ3v) is 4.90. The monoisotopic (exact) mass is 402 g/mol. The van der Waals surface area contributed by atoms with Gasteiger partial charge in [0.2, 0.25) is 6.10 Å². The zero-order chi connectivity index (χ0) is 20.7. The van der Waals surface area contributed by atoms with Crippen LogP contribution in [-0.2, 0) is 4.79 Å². The maximum atomic E-state index is 12.7. The van der Waals surface area contributed by atoms with Gasteiger partial charge in [0.05, 0.1) is 11.3 Å². The highest BCUT2D eigenvalue weighted by molar-refractivity contribution is 6.09. The van der Waals surface area contributed by atoms with Crippen LogP contribution in [0.3, 0.4) is 0 Å². The first kappa shape index (κ1) is 18.1. The third kappa shape index (κ3) is 3.30. The fourth-order valence-corrected chi connectivity index (χ4v) is 3.38. The summed E-state index contributed by atoms with van der Waals surface area (Å²) in [7, 11) is 0. The number of nitrogens with one attached hydrogen (secondary N) is 2. The minimum atomic E-state index is -0.795. The summed E-state index contributed by atoms with van der Waals surface area (Å²) in [4.78, 5) is 25.4. The first-order valence-electron chi connectivity index (χ1n) is 9.50. The molecule has 2 aliphatic rings. The molecular formula is C23H18N2O5. The Morgan fingerprint density at radius 1 is 1.00 bits per heavy atom. The second kappa shape index (κ2) is 7.11. The number of rotatable bonds is 2. The van der Waals surface area contributed by atoms with Gasteiger partial charge < -0.3 is 24.8 Å². The van der Waals surface area contributed by atoms with Crippen molar-refractivity contribution in [3.05, 3.63) is 71.8 Å². The number of hydrogen-bond acceptors (Lipinski definition) is 5. The first-order valence-corrected chi connectivity index (χ1v) is 9.50. The number of para-hydroxylation sites is 2. The molecule has 0 fully saturated rings. The lowest BCUT2D eigenvalue weighted by molar-refractivity contribution is -0.125. The molecule has 2 amide bonds. The van der Waals surface area contributed by atoms with Gasteiger partial charge in [-0.1, -0.05) is 18.2 Å². The number of fused-ring (bicyclic) bond motifs is 3. The van der Waals surface area contributed by atoms with Gasteiger partial charge in [0.25, 0.3) is 11.8 Å². The molecule has 0 bridgehead atoms. The van der Waals surface area contributed by atoms with Crippen LogP contribution in [0.25, 0.3) is 0 Å². The normalized spacial score (nSPS) is 16.3. The Balaban J connectivity index is 1.35. The van der Waals surface area contributed by atoms with Crippen molar-refractivity contribution >= 4 is 23.2 Å². The Morgan fingerprint density at radius 3 is 2.67 bits per heavy atom. The minimum Gasteiger partial charge on any atom is -0.485 e. The van der Waals surface area contributed by atoms with Crippen molar-refractivity contribution in [3.63, 3.8) is 0 Å². The van der Waals surface area contributed by atoms with Crippen LogP contribution in [0.4, 0.5) is 11.4 Å². The number of aryl methyl sites for hydroxylation is 1. The van der Waals surface area contributed by atoms with Crippen molar-refractivity contribution < 1.29 is 23.8 Å². The number of hydrogen-bond donors (Lipinski definition) is 2. The summed E-state index contributed by atoms with van der Waals surface area (Å²) in [5.41, 5.74) is 2.40. The summed E-state index contributed by atoms with van der Waals surface area (Å²) >= 11 is 0. The highest BCUT2D eigenvalue weighted by Crippen LogP contribution is 2.37. The van der Waals surface area contributed by atoms with Gasteiger partial charge >= 0.3 is 0 Å². The summed E-state index contributed by atoms with van der Waals surface area (Å²) in [5.74, 6) is 1.44. The molecule has 30 heavy (non-hydrogen) atoms. The van der Waals surface area contributed by atoms with Gasteiger partial charge in [-0.05, 0) is 55.0 Å². The van der Waals surface area contributed by atoms with Gasteiger partial charge in [-0.15, -0.1) is 0 Å². The van der Waals surface area contributed by atoms with E-state index in [0.717, 1.165) is 5.56 Å². The van der Waals surface area contributed by atoms with E-state index in [1.54, 1.807) is 30.3 Å². The summed E-state index contributed by atoms with van der Waals surface area (Å²) in [6.45, 7) is 2.04. The zero-order valence-corrected chi connectivity index (χ0v) is 16.1. The highest BCUT2D eigenvalue weighted by atomic mass is 16.6. The van der Waals surface area contributed by atoms with Gasteiger partial charge in [-0.3, -0.25) is 9.59 Å². The molecule has 0 aliphatic carbocycles. The topological polar surface area (TPSA) is 85.9 Å². The molecular weight excluding hydrogens is 384 g/mol. The standard InChI is InChI=1S/C23H18N2O5/c1-13-6-8-18-16(10-13)25-22(26)15-11-14(7-9-17(15)29-18)24-23(27)21-12-28-19-4-2-3-5-20(19)30-21/h2-11,21H,12H2,1H3,(H,24,27)(H,25,26). The van der Waals surface area contributed by atoms with E-state index in [9.17, 15) is 9.59 Å². The first-order chi connectivity index (χ1) is 14.6. The molecule has 0 radical (unpaired) electrons. The maximum absolute atomic E-state index is 12.7. The molecule has 1 unspecified atom stereocenters. The minimum absolute atomic E-state index is 0.103. The van der Waals surface area contributed by atoms with Crippen molar-refractivity contribution in [2.24, 2.45) is 0 Å². The SMILES string of the molecule is Cc1ccc2c(c1)NC(=O)c1cc(NC(=O)C3COc4ccccc4O3)ccc1O2. The van der Waals surface area contributed by atoms with Crippen LogP contribution in [0.5, 0.6) is 23.0 Å². The molecule has 0 saturated carbocycles. The van der Waals surface area contributed by atoms with Crippen LogP contribution >= 0.6 is 0 Å². The number of carbonyl (C=O) groups excluding carboxylic acids is 2. The Kier molecular flexibility index (Phi) is 4.28. The fourth-order valence-electron chi connectivity index (χ4n) is 3.38. The smallest absolute Gasteiger partial charge is 0.269 e. The second-order valence-electron chi connectivity index (χ2n) is 7.12. The summed E-state index contributed by atoms with van der Waals surface area (Å²) < 4.78 is 17.2. The Labute approximate surface area is 172 Å². The van der Waals surface area contributed by atoms with Crippen molar-refractivity contribution in [2.75, 3.05) is 17.2 Å². The molecule has 2 N–H and O–H groups in total. The average molecular weight is 402 g/mol. The fraction of sp³-hybridized carbons (Fsp3) is 0.130. The quantitative estimate of drug-likeness (QED) is 0.673. The third-order valence-electron chi connectivity index (χ3n) is 4.90. The number of ether oxygens (including phenoxy) is 3. The predicted octanol–water partition coefficient (Wildman–Crippen LogP) is 4.13. The van der Waals surface area contributed by atoms with E-state index in [-0.39, 0.29) is 18.4 Å². The second-order valence-corrected chi connectivity index (χ2v) is 7.12. The number of amides is 2. The largest absolute Gasteiger partial charge is 0.485 e. The zero-order valence-electron chi connectivity index (χ0n) is 16.1. The molecule has 5 rings (SSSR count). The lowest BCUT2D eigenvalue weighted by Gasteiger charge is -2.25. The lowest BCUT2D eigenvalue weighted by Crippen LogP contribution is -2.40. The van der Waals surface area contributed by atoms with Crippen LogP contribution in [0.2, 0.25) is 0 Å². The van der Waals surface area contributed by atoms with E-state index in [1.807, 2.05) is 37.3 Å². The maximum Gasteiger partial charge on any atom is 0.269 e. The number of carbonyl (C=O) groups is 2. The van der Waals surface area contributed by atoms with Crippen molar-refractivity contribution in [1.82, 2.24) is 0 Å². The molecule has 3 aromatic carbocycles. The molecule has 2 heterocycles. The van der Waals surface area contributed by atoms with Gasteiger partial charge in [0.15, 0.2) is 17.2 Å². The van der Waals surface area contributed by atoms with Gasteiger partial charge in [0, 0.05) is 5.69 Å². The molecule has 0 aromatic heterocycles. The van der Waals surface area contributed by atoms with E-state index >= 15 is 0 Å². The van der Waals surface area contributed by atoms with Crippen molar-refractivity contribution in [3.8, 4) is 23.0 Å². The van der Waals surface area contributed by atoms with Crippen LogP contribution in [-0.4, -0.2) is 24.5 Å². The molecule has 0 saturated heterocycles. The van der Waals surface area contributed by atoms with Crippen molar-refractivity contribution in [1.29, 1.82) is 0 Å². The van der Waals surface area contributed by atoms with Crippen LogP contribution in [0, 0.1) is 6.92 Å². The lowest BCUT2D eigenvalue weighted by atomic mass is 10.1. The van der Waals surface area contributed by atoms with Crippen LogP contribution in [0.15, 0.2) is 60.7 Å². The average Bonchev–Trinajstić information content (AvgIpc) is 2.89. The van der Waals surface area contributed by atoms with Crippen molar-refractivity contribution in [2.45, 2.75) is 13.0 Å². The Hall–Kier alpha value is -4.00. The molecule has 0 spiro atoms. The molecule has 2 aliphatic heterocycles. The number of benzene rings is 3. The summed E-state index contributed by atoms with van der Waals surface area (Å²) in [6.07, 6.45) is -0.795. The van der Waals surface area contributed by atoms with Gasteiger partial charge in [-0.25, -0.2) is 0 Å². The Morgan fingerprint density at radius 2 is 1.80 bits per heavy atom. The van der Waals surface area contributed by atoms with Crippen LogP contribution < -0.4 is 24.8 Å². The Bertz CT molecular complexity index is 1170. The molecule has 7 heteroatoms. The molecule has 7 nitrogen and oxygen atoms in total. The van der Waals surface area contributed by atoms with E-state index in [0.29, 0.717) is 39.9 Å². The molecule has 1 atom stereocenters. The van der Waals surface area contributed by atoms with Crippen LogP contribution in [0.1, 0.15) is 15.9 Å². The molecule has 150 valence electrons. The van der Waals surface area contributed by atoms with E-state index in [2.05, 4.69) is 10.6 Å². The van der Waals surface area contributed by atoms with E-state index in [4.69, 9.17) is 14.2 Å². The van der Waals surface area contributed by atoms with E-state index in [1.165, 1.54) is 0 Å². The van der Waals surface area contributed by atoms with Gasteiger partial charge in [-0.2, -0.15) is 0 Å². The number of anilines is 2. The van der Waals surface area contributed by atoms with E-state index < -0.39 is 6.10 Å². The van der Waals surface area contributed by atoms with Gasteiger partial charge in [0.1, 0.15) is 12.4 Å². The summed E-state index contributed by atoms with van der Waals surface area (Å²) in [6, 6.07) is 17.7. The summed E-state index contributed by atoms with van der Waals surface area (Å²) in [5, 5.41) is 5.64. The predicted molar refractivity (Wildman–Crippen MR) is 111 cm³/mol.